The lowest BCUT2D eigenvalue weighted by atomic mass is 10.3. The van der Waals surface area contributed by atoms with Gasteiger partial charge in [-0.2, -0.15) is 0 Å². The highest BCUT2D eigenvalue weighted by molar-refractivity contribution is 9.10. The van der Waals surface area contributed by atoms with Gasteiger partial charge in [0.2, 0.25) is 0 Å². The molecule has 0 radical (unpaired) electrons. The minimum atomic E-state index is -1.17. The number of anilines is 1. The van der Waals surface area contributed by atoms with E-state index in [0.717, 1.165) is 6.17 Å². The zero-order chi connectivity index (χ0) is 10.8. The summed E-state index contributed by atoms with van der Waals surface area (Å²) in [5.74, 6) is -0.203. The summed E-state index contributed by atoms with van der Waals surface area (Å²) in [4.78, 5) is 0. The van der Waals surface area contributed by atoms with Gasteiger partial charge >= 0.3 is 0 Å². The van der Waals surface area contributed by atoms with Gasteiger partial charge in [-0.25, -0.2) is 4.39 Å². The molecule has 1 aromatic carbocycles. The molecule has 0 spiro atoms. The van der Waals surface area contributed by atoms with Crippen LogP contribution in [0, 0.1) is 5.82 Å². The first-order valence-corrected chi connectivity index (χ1v) is 9.08. The van der Waals surface area contributed by atoms with Crippen LogP contribution in [0.15, 0.2) is 22.7 Å². The molecule has 0 aliphatic carbocycles. The number of halogens is 2. The van der Waals surface area contributed by atoms with E-state index >= 15 is 0 Å². The van der Waals surface area contributed by atoms with Crippen molar-refractivity contribution >= 4 is 29.7 Å². The molecule has 0 aliphatic rings. The van der Waals surface area contributed by atoms with Crippen LogP contribution in [0.5, 0.6) is 0 Å². The standard InChI is InChI=1S/C10H15BrFNSi/c1-14(2,3)7-13-9-6-4-5-8(11)10(9)12/h4-6,13H,7H2,1-3H3. The third-order valence-electron chi connectivity index (χ3n) is 1.76. The van der Waals surface area contributed by atoms with Crippen molar-refractivity contribution in [1.82, 2.24) is 0 Å². The van der Waals surface area contributed by atoms with E-state index in [1.807, 2.05) is 6.07 Å². The fourth-order valence-electron chi connectivity index (χ4n) is 1.00. The summed E-state index contributed by atoms with van der Waals surface area (Å²) in [7, 11) is -1.17. The molecule has 1 nitrogen and oxygen atoms in total. The van der Waals surface area contributed by atoms with Gasteiger partial charge in [-0.1, -0.05) is 25.7 Å². The summed E-state index contributed by atoms with van der Waals surface area (Å²) < 4.78 is 14.0. The van der Waals surface area contributed by atoms with Crippen molar-refractivity contribution in [2.75, 3.05) is 11.5 Å². The maximum absolute atomic E-state index is 13.5. The summed E-state index contributed by atoms with van der Waals surface area (Å²) in [5.41, 5.74) is 0.585. The Bertz CT molecular complexity index is 322. The van der Waals surface area contributed by atoms with Gasteiger partial charge < -0.3 is 5.32 Å². The fraction of sp³-hybridized carbons (Fsp3) is 0.400. The molecular weight excluding hydrogens is 261 g/mol. The molecule has 4 heteroatoms. The third-order valence-corrected chi connectivity index (χ3v) is 3.61. The van der Waals surface area contributed by atoms with Crippen LogP contribution in [0.1, 0.15) is 0 Å². The highest BCUT2D eigenvalue weighted by Gasteiger charge is 2.14. The van der Waals surface area contributed by atoms with Crippen LogP contribution in [-0.4, -0.2) is 14.2 Å². The molecule has 0 heterocycles. The monoisotopic (exact) mass is 275 g/mol. The Morgan fingerprint density at radius 1 is 1.36 bits per heavy atom. The Kier molecular flexibility index (Phi) is 3.72. The first-order valence-electron chi connectivity index (χ1n) is 4.58. The molecule has 0 amide bonds. The second kappa shape index (κ2) is 4.44. The van der Waals surface area contributed by atoms with E-state index in [1.165, 1.54) is 0 Å². The SMILES string of the molecule is C[Si](C)(C)CNc1cccc(Br)c1F. The molecule has 1 N–H and O–H groups in total. The summed E-state index contributed by atoms with van der Waals surface area (Å²) in [6.45, 7) is 6.74. The molecule has 1 aromatic rings. The zero-order valence-corrected chi connectivity index (χ0v) is 11.3. The molecule has 78 valence electrons. The molecule has 0 saturated carbocycles. The van der Waals surface area contributed by atoms with Crippen molar-refractivity contribution in [2.45, 2.75) is 19.6 Å². The molecule has 0 bridgehead atoms. The summed E-state index contributed by atoms with van der Waals surface area (Å²) in [5, 5.41) is 3.15. The van der Waals surface area contributed by atoms with Crippen LogP contribution in [0.3, 0.4) is 0 Å². The number of benzene rings is 1. The van der Waals surface area contributed by atoms with Crippen molar-refractivity contribution in [1.29, 1.82) is 0 Å². The van der Waals surface area contributed by atoms with Crippen LogP contribution in [-0.2, 0) is 0 Å². The lowest BCUT2D eigenvalue weighted by Gasteiger charge is -2.18. The Morgan fingerprint density at radius 3 is 2.57 bits per heavy atom. The Hall–Kier alpha value is -0.353. The van der Waals surface area contributed by atoms with Gasteiger partial charge in [0.15, 0.2) is 5.82 Å². The highest BCUT2D eigenvalue weighted by atomic mass is 79.9. The predicted molar refractivity (Wildman–Crippen MR) is 65.9 cm³/mol. The molecule has 0 aliphatic heterocycles. The molecular formula is C10H15BrFNSi. The molecule has 0 saturated heterocycles. The van der Waals surface area contributed by atoms with E-state index in [0.29, 0.717) is 10.2 Å². The highest BCUT2D eigenvalue weighted by Crippen LogP contribution is 2.22. The largest absolute Gasteiger partial charge is 0.386 e. The molecule has 0 fully saturated rings. The van der Waals surface area contributed by atoms with E-state index in [2.05, 4.69) is 40.9 Å². The van der Waals surface area contributed by atoms with Gasteiger partial charge in [-0.15, -0.1) is 0 Å². The van der Waals surface area contributed by atoms with Crippen LogP contribution in [0.2, 0.25) is 19.6 Å². The van der Waals surface area contributed by atoms with E-state index in [-0.39, 0.29) is 5.82 Å². The van der Waals surface area contributed by atoms with Gasteiger partial charge in [-0.3, -0.25) is 0 Å². The molecule has 0 atom stereocenters. The van der Waals surface area contributed by atoms with Crippen molar-refractivity contribution in [2.24, 2.45) is 0 Å². The zero-order valence-electron chi connectivity index (χ0n) is 8.70. The van der Waals surface area contributed by atoms with Crippen molar-refractivity contribution in [3.63, 3.8) is 0 Å². The van der Waals surface area contributed by atoms with Crippen LogP contribution < -0.4 is 5.32 Å². The topological polar surface area (TPSA) is 12.0 Å². The smallest absolute Gasteiger partial charge is 0.160 e. The van der Waals surface area contributed by atoms with E-state index < -0.39 is 8.07 Å². The Labute approximate surface area is 93.9 Å². The first-order chi connectivity index (χ1) is 6.40. The van der Waals surface area contributed by atoms with Crippen LogP contribution in [0.4, 0.5) is 10.1 Å². The van der Waals surface area contributed by atoms with Crippen LogP contribution >= 0.6 is 15.9 Å². The van der Waals surface area contributed by atoms with E-state index in [4.69, 9.17) is 0 Å². The second-order valence-electron chi connectivity index (χ2n) is 4.52. The lowest BCUT2D eigenvalue weighted by molar-refractivity contribution is 0.624. The van der Waals surface area contributed by atoms with Gasteiger partial charge in [-0.05, 0) is 28.1 Å². The number of hydrogen-bond donors (Lipinski definition) is 1. The summed E-state index contributed by atoms with van der Waals surface area (Å²) >= 11 is 3.16. The summed E-state index contributed by atoms with van der Waals surface area (Å²) in [6, 6.07) is 5.30. The second-order valence-corrected chi connectivity index (χ2v) is 10.8. The van der Waals surface area contributed by atoms with Crippen LogP contribution in [0.25, 0.3) is 0 Å². The maximum Gasteiger partial charge on any atom is 0.160 e. The molecule has 1 rings (SSSR count). The van der Waals surface area contributed by atoms with E-state index in [1.54, 1.807) is 12.1 Å². The predicted octanol–water partition coefficient (Wildman–Crippen LogP) is 3.88. The fourth-order valence-corrected chi connectivity index (χ4v) is 2.09. The minimum absolute atomic E-state index is 0.203. The minimum Gasteiger partial charge on any atom is -0.386 e. The average Bonchev–Trinajstić information content (AvgIpc) is 2.06. The average molecular weight is 276 g/mol. The quantitative estimate of drug-likeness (QED) is 0.826. The van der Waals surface area contributed by atoms with Gasteiger partial charge in [0.1, 0.15) is 0 Å². The normalized spacial score (nSPS) is 11.5. The Balaban J connectivity index is 2.73. The van der Waals surface area contributed by atoms with Crippen molar-refractivity contribution in [3.05, 3.63) is 28.5 Å². The van der Waals surface area contributed by atoms with Gasteiger partial charge in [0.25, 0.3) is 0 Å². The van der Waals surface area contributed by atoms with Gasteiger partial charge in [0, 0.05) is 6.17 Å². The third kappa shape index (κ3) is 3.42. The molecule has 14 heavy (non-hydrogen) atoms. The molecule has 0 aromatic heterocycles. The number of hydrogen-bond acceptors (Lipinski definition) is 1. The number of nitrogens with one attached hydrogen (secondary N) is 1. The first kappa shape index (κ1) is 11.7. The number of rotatable bonds is 3. The van der Waals surface area contributed by atoms with Crippen molar-refractivity contribution in [3.8, 4) is 0 Å². The molecule has 0 unspecified atom stereocenters. The van der Waals surface area contributed by atoms with E-state index in [9.17, 15) is 4.39 Å². The maximum atomic E-state index is 13.5. The van der Waals surface area contributed by atoms with Crippen molar-refractivity contribution < 1.29 is 4.39 Å². The summed E-state index contributed by atoms with van der Waals surface area (Å²) in [6.07, 6.45) is 0.889. The lowest BCUT2D eigenvalue weighted by Crippen LogP contribution is -2.31. The Morgan fingerprint density at radius 2 is 2.00 bits per heavy atom. The van der Waals surface area contributed by atoms with Gasteiger partial charge in [0.05, 0.1) is 18.2 Å².